The van der Waals surface area contributed by atoms with Gasteiger partial charge in [-0.05, 0) is 70.0 Å². The monoisotopic (exact) mass is 476 g/mol. The molecule has 0 saturated heterocycles. The van der Waals surface area contributed by atoms with Crippen molar-refractivity contribution in [2.75, 3.05) is 4.90 Å². The molecular weight excluding hydrogens is 448 g/mol. The Bertz CT molecular complexity index is 1080. The number of halogens is 1. The van der Waals surface area contributed by atoms with Crippen molar-refractivity contribution in [2.24, 2.45) is 5.92 Å². The van der Waals surface area contributed by atoms with Crippen LogP contribution in [0.4, 0.5) is 15.6 Å². The Morgan fingerprint density at radius 1 is 1.23 bits per heavy atom. The van der Waals surface area contributed by atoms with Crippen molar-refractivity contribution < 1.29 is 9.53 Å². The van der Waals surface area contributed by atoms with Gasteiger partial charge in [-0.2, -0.15) is 0 Å². The van der Waals surface area contributed by atoms with Gasteiger partial charge in [0.2, 0.25) is 0 Å². The summed E-state index contributed by atoms with van der Waals surface area (Å²) < 4.78 is 5.74. The molecule has 0 aliphatic heterocycles. The average Bonchev–Trinajstić information content (AvgIpc) is 3.23. The molecule has 0 aliphatic rings. The fourth-order valence-corrected chi connectivity index (χ4v) is 5.27. The number of ether oxygens (including phenoxy) is 1. The molecule has 0 spiro atoms. The van der Waals surface area contributed by atoms with Crippen LogP contribution in [0.3, 0.4) is 0 Å². The Labute approximate surface area is 197 Å². The highest BCUT2D eigenvalue weighted by atomic mass is 35.5. The summed E-state index contributed by atoms with van der Waals surface area (Å²) in [6.07, 6.45) is 0.441. The number of anilines is 2. The number of hydrogen-bond acceptors (Lipinski definition) is 5. The quantitative estimate of drug-likeness (QED) is 0.371. The zero-order chi connectivity index (χ0) is 22.9. The molecule has 3 rings (SSSR count). The predicted molar refractivity (Wildman–Crippen MR) is 133 cm³/mol. The van der Waals surface area contributed by atoms with Gasteiger partial charge in [0.15, 0.2) is 5.13 Å². The minimum absolute atomic E-state index is 0.424. The standard InChI is InChI=1S/C24H29ClN2O2S2/c1-14(2)12-20-21(17-9-8-15(3)18(25)13-17)26-22(31-20)27(19-10-11-30-16(19)4)23(28)29-24(5,6)7/h8-11,13-14H,12H2,1-7H3. The van der Waals surface area contributed by atoms with Gasteiger partial charge < -0.3 is 4.74 Å². The van der Waals surface area contributed by atoms with Gasteiger partial charge in [-0.1, -0.05) is 37.6 Å². The van der Waals surface area contributed by atoms with Crippen LogP contribution in [-0.4, -0.2) is 16.7 Å². The summed E-state index contributed by atoms with van der Waals surface area (Å²) in [5.41, 5.74) is 3.05. The molecule has 31 heavy (non-hydrogen) atoms. The first kappa shape index (κ1) is 23.8. The van der Waals surface area contributed by atoms with Gasteiger partial charge in [0, 0.05) is 20.3 Å². The average molecular weight is 477 g/mol. The molecule has 1 aromatic carbocycles. The van der Waals surface area contributed by atoms with Crippen molar-refractivity contribution in [3.05, 3.63) is 50.0 Å². The second-order valence-electron chi connectivity index (χ2n) is 9.01. The molecule has 0 fully saturated rings. The van der Waals surface area contributed by atoms with Crippen LogP contribution >= 0.6 is 34.3 Å². The number of aryl methyl sites for hydroxylation is 2. The first-order valence-electron chi connectivity index (χ1n) is 10.3. The lowest BCUT2D eigenvalue weighted by atomic mass is 10.0. The summed E-state index contributed by atoms with van der Waals surface area (Å²) in [6.45, 7) is 14.0. The lowest BCUT2D eigenvalue weighted by Gasteiger charge is -2.25. The van der Waals surface area contributed by atoms with Crippen LogP contribution in [0.5, 0.6) is 0 Å². The van der Waals surface area contributed by atoms with E-state index in [1.165, 1.54) is 11.3 Å². The SMILES string of the molecule is Cc1ccc(-c2nc(N(C(=O)OC(C)(C)C)c3ccsc3C)sc2CC(C)C)cc1Cl. The van der Waals surface area contributed by atoms with E-state index in [1.807, 2.05) is 64.3 Å². The number of rotatable bonds is 5. The topological polar surface area (TPSA) is 42.4 Å². The number of nitrogens with zero attached hydrogens (tertiary/aromatic N) is 2. The van der Waals surface area contributed by atoms with E-state index in [0.717, 1.165) is 38.7 Å². The zero-order valence-electron chi connectivity index (χ0n) is 19.1. The van der Waals surface area contributed by atoms with Crippen LogP contribution in [0.2, 0.25) is 5.02 Å². The Kier molecular flexibility index (Phi) is 7.14. The number of carbonyl (C=O) groups is 1. The zero-order valence-corrected chi connectivity index (χ0v) is 21.5. The van der Waals surface area contributed by atoms with Crippen LogP contribution in [0.25, 0.3) is 11.3 Å². The normalized spacial score (nSPS) is 11.8. The summed E-state index contributed by atoms with van der Waals surface area (Å²) in [5, 5.41) is 3.30. The highest BCUT2D eigenvalue weighted by molar-refractivity contribution is 7.16. The third-order valence-corrected chi connectivity index (χ3v) is 6.87. The minimum atomic E-state index is -0.607. The Balaban J connectivity index is 2.15. The van der Waals surface area contributed by atoms with E-state index < -0.39 is 11.7 Å². The summed E-state index contributed by atoms with van der Waals surface area (Å²) in [4.78, 5) is 22.0. The van der Waals surface area contributed by atoms with Gasteiger partial charge in [-0.15, -0.1) is 22.7 Å². The first-order chi connectivity index (χ1) is 14.5. The molecule has 2 heterocycles. The first-order valence-corrected chi connectivity index (χ1v) is 12.4. The third kappa shape index (κ3) is 5.68. The molecule has 0 atom stereocenters. The molecule has 0 radical (unpaired) electrons. The van der Waals surface area contributed by atoms with E-state index >= 15 is 0 Å². The second-order valence-corrected chi connectivity index (χ2v) is 11.6. The van der Waals surface area contributed by atoms with Crippen molar-refractivity contribution >= 4 is 51.2 Å². The molecule has 0 saturated carbocycles. The molecule has 166 valence electrons. The van der Waals surface area contributed by atoms with Crippen LogP contribution in [0.15, 0.2) is 29.6 Å². The van der Waals surface area contributed by atoms with Crippen LogP contribution < -0.4 is 4.90 Å². The number of thiophene rings is 1. The number of thiazole rings is 1. The van der Waals surface area contributed by atoms with Crippen molar-refractivity contribution in [2.45, 2.75) is 60.5 Å². The smallest absolute Gasteiger partial charge is 0.421 e. The van der Waals surface area contributed by atoms with Crippen molar-refractivity contribution in [3.8, 4) is 11.3 Å². The van der Waals surface area contributed by atoms with Crippen molar-refractivity contribution in [1.29, 1.82) is 0 Å². The highest BCUT2D eigenvalue weighted by Crippen LogP contribution is 2.41. The predicted octanol–water partition coefficient (Wildman–Crippen LogP) is 8.41. The Morgan fingerprint density at radius 2 is 1.94 bits per heavy atom. The maximum Gasteiger partial charge on any atom is 0.421 e. The van der Waals surface area contributed by atoms with Crippen LogP contribution in [0, 0.1) is 19.8 Å². The van der Waals surface area contributed by atoms with Crippen molar-refractivity contribution in [3.63, 3.8) is 0 Å². The number of hydrogen-bond donors (Lipinski definition) is 0. The van der Waals surface area contributed by atoms with E-state index in [0.29, 0.717) is 16.1 Å². The van der Waals surface area contributed by atoms with E-state index in [1.54, 1.807) is 16.2 Å². The minimum Gasteiger partial charge on any atom is -0.443 e. The molecule has 0 unspecified atom stereocenters. The summed E-state index contributed by atoms with van der Waals surface area (Å²) in [5.74, 6) is 0.450. The maximum absolute atomic E-state index is 13.2. The van der Waals surface area contributed by atoms with Gasteiger partial charge >= 0.3 is 6.09 Å². The molecular formula is C24H29ClN2O2S2. The fraction of sp³-hybridized carbons (Fsp3) is 0.417. The lowest BCUT2D eigenvalue weighted by Crippen LogP contribution is -2.33. The molecule has 2 aromatic heterocycles. The summed E-state index contributed by atoms with van der Waals surface area (Å²) in [7, 11) is 0. The molecule has 3 aromatic rings. The Hall–Kier alpha value is -1.89. The van der Waals surface area contributed by atoms with Gasteiger partial charge in [0.05, 0.1) is 11.4 Å². The molecule has 0 aliphatic carbocycles. The number of amides is 1. The third-order valence-electron chi connectivity index (χ3n) is 4.56. The molecule has 4 nitrogen and oxygen atoms in total. The summed E-state index contributed by atoms with van der Waals surface area (Å²) in [6, 6.07) is 7.94. The van der Waals surface area contributed by atoms with E-state index in [2.05, 4.69) is 13.8 Å². The van der Waals surface area contributed by atoms with E-state index in [9.17, 15) is 4.79 Å². The fourth-order valence-electron chi connectivity index (χ4n) is 3.11. The highest BCUT2D eigenvalue weighted by Gasteiger charge is 2.30. The largest absolute Gasteiger partial charge is 0.443 e. The lowest BCUT2D eigenvalue weighted by molar-refractivity contribution is 0.0599. The van der Waals surface area contributed by atoms with Crippen LogP contribution in [0.1, 0.15) is 49.9 Å². The molecule has 0 N–H and O–H groups in total. The van der Waals surface area contributed by atoms with E-state index in [-0.39, 0.29) is 0 Å². The number of aromatic nitrogens is 1. The van der Waals surface area contributed by atoms with Gasteiger partial charge in [-0.25, -0.2) is 14.7 Å². The Morgan fingerprint density at radius 3 is 2.48 bits per heavy atom. The molecule has 0 bridgehead atoms. The number of benzene rings is 1. The van der Waals surface area contributed by atoms with Gasteiger partial charge in [0.1, 0.15) is 5.60 Å². The van der Waals surface area contributed by atoms with E-state index in [4.69, 9.17) is 21.3 Å². The summed E-state index contributed by atoms with van der Waals surface area (Å²) >= 11 is 9.54. The van der Waals surface area contributed by atoms with Crippen LogP contribution in [-0.2, 0) is 11.2 Å². The molecule has 1 amide bonds. The molecule has 7 heteroatoms. The second kappa shape index (κ2) is 9.31. The van der Waals surface area contributed by atoms with Crippen molar-refractivity contribution in [1.82, 2.24) is 4.98 Å². The maximum atomic E-state index is 13.2. The van der Waals surface area contributed by atoms with Gasteiger partial charge in [-0.3, -0.25) is 0 Å². The number of carbonyl (C=O) groups excluding carboxylic acids is 1. The van der Waals surface area contributed by atoms with Gasteiger partial charge in [0.25, 0.3) is 0 Å².